The molecule has 0 N–H and O–H groups in total. The fraction of sp³-hybridized carbons (Fsp3) is 0.444. The minimum atomic E-state index is -0.105. The third kappa shape index (κ3) is 1.21. The fourth-order valence-corrected chi connectivity index (χ4v) is 3.82. The molecule has 0 aromatic carbocycles. The van der Waals surface area contributed by atoms with Gasteiger partial charge in [0.1, 0.15) is 11.5 Å². The monoisotopic (exact) mass is 254 g/mol. The lowest BCUT2D eigenvalue weighted by molar-refractivity contribution is 0.290. The first kappa shape index (κ1) is 12.5. The molecule has 3 aliphatic rings. The Morgan fingerprint density at radius 3 is 2.05 bits per heavy atom. The van der Waals surface area contributed by atoms with Crippen molar-refractivity contribution in [1.82, 2.24) is 0 Å². The molecule has 1 unspecified atom stereocenters. The highest BCUT2D eigenvalue weighted by Gasteiger charge is 2.52. The predicted molar refractivity (Wildman–Crippen MR) is 79.4 cm³/mol. The van der Waals surface area contributed by atoms with Gasteiger partial charge in [-0.25, -0.2) is 0 Å². The minimum Gasteiger partial charge on any atom is -0.464 e. The maximum absolute atomic E-state index is 6.16. The van der Waals surface area contributed by atoms with Crippen molar-refractivity contribution in [1.29, 1.82) is 0 Å². The van der Waals surface area contributed by atoms with Gasteiger partial charge in [-0.05, 0) is 81.9 Å². The molecule has 2 aliphatic carbocycles. The summed E-state index contributed by atoms with van der Waals surface area (Å²) in [4.78, 5) is 0. The third-order valence-corrected chi connectivity index (χ3v) is 5.37. The molecule has 0 saturated heterocycles. The zero-order valence-electron chi connectivity index (χ0n) is 13.0. The molecule has 0 radical (unpaired) electrons. The maximum atomic E-state index is 6.16. The summed E-state index contributed by atoms with van der Waals surface area (Å²) < 4.78 is 6.16. The van der Waals surface area contributed by atoms with E-state index in [1.165, 1.54) is 39.0 Å². The van der Waals surface area contributed by atoms with Crippen molar-refractivity contribution in [3.05, 3.63) is 56.6 Å². The normalized spacial score (nSPS) is 29.9. The Hall–Kier alpha value is -1.50. The second-order valence-corrected chi connectivity index (χ2v) is 6.12. The van der Waals surface area contributed by atoms with Gasteiger partial charge in [0.25, 0.3) is 0 Å². The fourth-order valence-electron chi connectivity index (χ4n) is 3.82. The zero-order valence-corrected chi connectivity index (χ0v) is 13.0. The summed E-state index contributed by atoms with van der Waals surface area (Å²) in [5.74, 6) is 2.20. The topological polar surface area (TPSA) is 9.23 Å². The summed E-state index contributed by atoms with van der Waals surface area (Å²) in [6.45, 7) is 15.4. The van der Waals surface area contributed by atoms with E-state index < -0.39 is 0 Å². The van der Waals surface area contributed by atoms with Crippen LogP contribution in [0.5, 0.6) is 0 Å². The molecule has 100 valence electrons. The summed E-state index contributed by atoms with van der Waals surface area (Å²) in [7, 11) is 0. The summed E-state index contributed by atoms with van der Waals surface area (Å²) in [6.07, 6.45) is 2.40. The Morgan fingerprint density at radius 1 is 0.789 bits per heavy atom. The van der Waals surface area contributed by atoms with Crippen LogP contribution in [-0.2, 0) is 4.74 Å². The molecule has 1 atom stereocenters. The molecule has 19 heavy (non-hydrogen) atoms. The highest BCUT2D eigenvalue weighted by atomic mass is 16.5. The minimum absolute atomic E-state index is 0.105. The van der Waals surface area contributed by atoms with E-state index in [-0.39, 0.29) is 5.41 Å². The van der Waals surface area contributed by atoms with Crippen LogP contribution in [0.15, 0.2) is 56.6 Å². The lowest BCUT2D eigenvalue weighted by atomic mass is 9.67. The van der Waals surface area contributed by atoms with Gasteiger partial charge in [0.15, 0.2) is 0 Å². The van der Waals surface area contributed by atoms with E-state index in [9.17, 15) is 0 Å². The quantitative estimate of drug-likeness (QED) is 0.577. The SMILES string of the molecule is CC1=CC23C(C)=C(C)OC2=C(C)C(C)=C(C)C3=C1C. The van der Waals surface area contributed by atoms with Gasteiger partial charge in [-0.15, -0.1) is 0 Å². The number of ether oxygens (including phenoxy) is 1. The van der Waals surface area contributed by atoms with Crippen molar-refractivity contribution < 1.29 is 4.74 Å². The summed E-state index contributed by atoms with van der Waals surface area (Å²) in [6, 6.07) is 0. The van der Waals surface area contributed by atoms with Crippen LogP contribution in [0.1, 0.15) is 48.5 Å². The highest BCUT2D eigenvalue weighted by molar-refractivity contribution is 5.70. The molecule has 0 saturated carbocycles. The van der Waals surface area contributed by atoms with Gasteiger partial charge in [0.2, 0.25) is 0 Å². The first-order chi connectivity index (χ1) is 8.82. The molecule has 0 fully saturated rings. The maximum Gasteiger partial charge on any atom is 0.125 e. The second-order valence-electron chi connectivity index (χ2n) is 6.12. The first-order valence-corrected chi connectivity index (χ1v) is 6.99. The largest absolute Gasteiger partial charge is 0.464 e. The predicted octanol–water partition coefficient (Wildman–Crippen LogP) is 5.20. The molecule has 0 aromatic rings. The van der Waals surface area contributed by atoms with Crippen LogP contribution in [-0.4, -0.2) is 0 Å². The molecule has 1 heterocycles. The second kappa shape index (κ2) is 3.53. The summed E-state index contributed by atoms with van der Waals surface area (Å²) in [5, 5.41) is 0. The summed E-state index contributed by atoms with van der Waals surface area (Å²) >= 11 is 0. The smallest absolute Gasteiger partial charge is 0.125 e. The Bertz CT molecular complexity index is 662. The Morgan fingerprint density at radius 2 is 1.42 bits per heavy atom. The Kier molecular flexibility index (Phi) is 2.33. The molecule has 1 nitrogen and oxygen atoms in total. The number of hydrogen-bond donors (Lipinski definition) is 0. The highest BCUT2D eigenvalue weighted by Crippen LogP contribution is 2.62. The van der Waals surface area contributed by atoms with Crippen LogP contribution >= 0.6 is 0 Å². The van der Waals surface area contributed by atoms with Crippen molar-refractivity contribution in [2.45, 2.75) is 48.5 Å². The molecular formula is C18H22O. The van der Waals surface area contributed by atoms with Gasteiger partial charge in [-0.1, -0.05) is 11.6 Å². The zero-order chi connectivity index (χ0) is 14.1. The van der Waals surface area contributed by atoms with Crippen molar-refractivity contribution in [3.8, 4) is 0 Å². The molecule has 3 rings (SSSR count). The van der Waals surface area contributed by atoms with E-state index in [0.717, 1.165) is 11.5 Å². The lowest BCUT2D eigenvalue weighted by Gasteiger charge is -2.35. The van der Waals surface area contributed by atoms with Gasteiger partial charge < -0.3 is 4.74 Å². The van der Waals surface area contributed by atoms with Crippen LogP contribution in [0, 0.1) is 5.41 Å². The molecule has 1 heteroatoms. The van der Waals surface area contributed by atoms with E-state index in [4.69, 9.17) is 4.74 Å². The average molecular weight is 254 g/mol. The van der Waals surface area contributed by atoms with E-state index >= 15 is 0 Å². The van der Waals surface area contributed by atoms with Crippen molar-refractivity contribution in [2.24, 2.45) is 5.41 Å². The van der Waals surface area contributed by atoms with Crippen LogP contribution in [0.2, 0.25) is 0 Å². The van der Waals surface area contributed by atoms with Gasteiger partial charge in [-0.2, -0.15) is 0 Å². The van der Waals surface area contributed by atoms with E-state index in [2.05, 4.69) is 54.5 Å². The van der Waals surface area contributed by atoms with Gasteiger partial charge in [0.05, 0.1) is 5.41 Å². The molecule has 1 aliphatic heterocycles. The van der Waals surface area contributed by atoms with Crippen molar-refractivity contribution in [2.75, 3.05) is 0 Å². The average Bonchev–Trinajstić information content (AvgIpc) is 2.77. The van der Waals surface area contributed by atoms with Gasteiger partial charge in [-0.3, -0.25) is 0 Å². The van der Waals surface area contributed by atoms with E-state index in [0.29, 0.717) is 0 Å². The lowest BCUT2D eigenvalue weighted by Crippen LogP contribution is -2.26. The van der Waals surface area contributed by atoms with Crippen molar-refractivity contribution >= 4 is 0 Å². The van der Waals surface area contributed by atoms with Crippen molar-refractivity contribution in [3.63, 3.8) is 0 Å². The van der Waals surface area contributed by atoms with Crippen LogP contribution in [0.25, 0.3) is 0 Å². The molecular weight excluding hydrogens is 232 g/mol. The van der Waals surface area contributed by atoms with Crippen LogP contribution in [0.4, 0.5) is 0 Å². The molecule has 0 bridgehead atoms. The number of hydrogen-bond acceptors (Lipinski definition) is 1. The Balaban J connectivity index is 2.45. The molecule has 0 aromatic heterocycles. The van der Waals surface area contributed by atoms with Crippen LogP contribution in [0.3, 0.4) is 0 Å². The molecule has 0 amide bonds. The number of rotatable bonds is 0. The van der Waals surface area contributed by atoms with E-state index in [1.807, 2.05) is 0 Å². The molecule has 1 spiro atoms. The van der Waals surface area contributed by atoms with Gasteiger partial charge >= 0.3 is 0 Å². The van der Waals surface area contributed by atoms with Crippen LogP contribution < -0.4 is 0 Å². The summed E-state index contributed by atoms with van der Waals surface area (Å²) in [5.41, 5.74) is 9.58. The number of allylic oxidation sites excluding steroid dienone is 7. The Labute approximate surface area is 116 Å². The third-order valence-electron chi connectivity index (χ3n) is 5.37. The van der Waals surface area contributed by atoms with E-state index in [1.54, 1.807) is 0 Å². The first-order valence-electron chi connectivity index (χ1n) is 6.99. The standard InChI is InChI=1S/C18H22O/c1-9-8-18-14(6)15(7)19-17(18)13(5)11(3)12(4)16(18)10(9)2/h8H,1-7H3. The van der Waals surface area contributed by atoms with Gasteiger partial charge in [0, 0.05) is 0 Å².